The predicted octanol–water partition coefficient (Wildman–Crippen LogP) is -1.70. The molecule has 8 heterocycles. The molecule has 0 aromatic heterocycles. The van der Waals surface area contributed by atoms with Gasteiger partial charge in [0.1, 0.15) is 108 Å². The Morgan fingerprint density at radius 1 is 0.673 bits per heavy atom. The average Bonchev–Trinajstić information content (AvgIpc) is 0.763. The number of hydrogen-bond acceptors (Lipinski definition) is 29. The molecule has 37 nitrogen and oxygen atoms in total. The molecule has 0 radical (unpaired) electrons. The molecule has 23 atom stereocenters. The lowest BCUT2D eigenvalue weighted by Crippen LogP contribution is -2.64. The molecule has 38 heteroatoms. The van der Waals surface area contributed by atoms with Crippen molar-refractivity contribution in [2.45, 2.75) is 194 Å². The van der Waals surface area contributed by atoms with Gasteiger partial charge in [-0.1, -0.05) is 49.7 Å². The normalized spacial score (nSPS) is 32.2. The summed E-state index contributed by atoms with van der Waals surface area (Å²) >= 11 is 7.10. The monoisotopic (exact) mass is 1560 g/mol. The summed E-state index contributed by atoms with van der Waals surface area (Å²) in [5, 5.41) is 153. The van der Waals surface area contributed by atoms with Crippen molar-refractivity contribution in [3.05, 3.63) is 118 Å². The van der Waals surface area contributed by atoms with Crippen LogP contribution in [0.2, 0.25) is 5.02 Å². The summed E-state index contributed by atoms with van der Waals surface area (Å²) in [6.45, 7) is 6.83. The zero-order chi connectivity index (χ0) is 80.0. The van der Waals surface area contributed by atoms with Crippen molar-refractivity contribution >= 4 is 58.9 Å². The zero-order valence-corrected chi connectivity index (χ0v) is 60.4. The number of fused-ring (bicyclic) bond motifs is 15. The maximum atomic E-state index is 16.3. The van der Waals surface area contributed by atoms with Gasteiger partial charge in [-0.2, -0.15) is 0 Å². The first-order valence-corrected chi connectivity index (χ1v) is 35.3. The van der Waals surface area contributed by atoms with E-state index in [0.29, 0.717) is 0 Å². The van der Waals surface area contributed by atoms with E-state index >= 15 is 19.2 Å². The minimum Gasteiger partial charge on any atom is -0.508 e. The van der Waals surface area contributed by atoms with Gasteiger partial charge in [0.15, 0.2) is 36.2 Å². The topological polar surface area (TPSA) is 589 Å². The number of carbonyl (C=O) groups is 8. The number of amides is 7. The first-order chi connectivity index (χ1) is 51.9. The van der Waals surface area contributed by atoms with E-state index < -0.39 is 262 Å². The highest BCUT2D eigenvalue weighted by Gasteiger charge is 2.53. The summed E-state index contributed by atoms with van der Waals surface area (Å²) in [6, 6.07) is 0.905. The third kappa shape index (κ3) is 17.1. The van der Waals surface area contributed by atoms with Crippen LogP contribution >= 0.6 is 11.6 Å². The average molecular weight is 1560 g/mol. The van der Waals surface area contributed by atoms with Gasteiger partial charge >= 0.3 is 5.97 Å². The number of aromatic hydroxyl groups is 3. The van der Waals surface area contributed by atoms with E-state index in [0.717, 1.165) is 48.5 Å². The van der Waals surface area contributed by atoms with E-state index in [4.69, 9.17) is 61.0 Å². The minimum absolute atomic E-state index is 0.0709. The molecule has 23 unspecified atom stereocenters. The molecule has 5 aromatic rings. The van der Waals surface area contributed by atoms with Gasteiger partial charge in [-0.25, -0.2) is 4.79 Å². The van der Waals surface area contributed by atoms with Crippen molar-refractivity contribution in [3.8, 4) is 57.1 Å². The van der Waals surface area contributed by atoms with Crippen molar-refractivity contribution in [2.75, 3.05) is 13.7 Å². The standard InChI is InChI=1S/C72H86ClN9O28/c1-25(2)15-37(76-6)63(95)81-51-54(89)30-10-14-41(36(73)17-30)106-43-19-31-18-42(60(43)109-71-61(57(92)55(90)44(24-83)107-71)110-70-58(93)56(91)53(88)26(3)104-70)105-33-11-7-28(8-12-33)59(108-46-23-72(5,75)62(94)27(4)103-46)52-68(100)80-50(69(101)102)35-20-32(84)21-40(86)47(35)34-16-29(9-13-39(34)85)48(65(97)82-52)79-66(98)49(31)78-64(96)38(22-45(74)87)77-67(51)99/h7-14,16-21,25-27,37-38,44,46,48-59,61-62,70-71,76,83-86,88-94H,15,22-24,75H2,1-6H3,(H2,74,87)(H,77,99)(H,78,96)(H,79,98)(H,80,100)(H,81,95)(H,82,97)(H,101,102). The van der Waals surface area contributed by atoms with E-state index in [1.54, 1.807) is 0 Å². The number of aliphatic carboxylic acids is 1. The summed E-state index contributed by atoms with van der Waals surface area (Å²) in [7, 11) is 1.46. The van der Waals surface area contributed by atoms with Crippen LogP contribution in [0.15, 0.2) is 84.9 Å². The number of hydrogen-bond donors (Lipinski definition) is 21. The quantitative estimate of drug-likeness (QED) is 0.0556. The highest BCUT2D eigenvalue weighted by atomic mass is 35.5. The Balaban J connectivity index is 1.18. The summed E-state index contributed by atoms with van der Waals surface area (Å²) in [6.07, 6.45) is -28.3. The summed E-state index contributed by atoms with van der Waals surface area (Å²) in [4.78, 5) is 119. The number of carboxylic acids is 1. The Kier molecular flexibility index (Phi) is 24.5. The van der Waals surface area contributed by atoms with Crippen LogP contribution in [-0.2, 0) is 62.0 Å². The van der Waals surface area contributed by atoms with Crippen LogP contribution in [0.4, 0.5) is 0 Å². The Hall–Kier alpha value is -9.65. The molecule has 13 rings (SSSR count). The first-order valence-electron chi connectivity index (χ1n) is 34.9. The Bertz CT molecular complexity index is 4330. The van der Waals surface area contributed by atoms with Crippen LogP contribution < -0.4 is 62.9 Å². The van der Waals surface area contributed by atoms with Crippen molar-refractivity contribution in [2.24, 2.45) is 17.4 Å². The van der Waals surface area contributed by atoms with Crippen LogP contribution in [0.5, 0.6) is 46.0 Å². The van der Waals surface area contributed by atoms with Crippen LogP contribution in [-0.4, -0.2) is 232 Å². The molecule has 7 amide bonds. The van der Waals surface area contributed by atoms with Gasteiger partial charge < -0.3 is 148 Å². The number of aliphatic hydroxyl groups excluding tert-OH is 8. The molecule has 5 aromatic carbocycles. The largest absolute Gasteiger partial charge is 0.508 e. The molecule has 594 valence electrons. The van der Waals surface area contributed by atoms with E-state index in [1.165, 1.54) is 64.2 Å². The molecule has 23 N–H and O–H groups in total. The number of halogens is 1. The fourth-order valence-electron chi connectivity index (χ4n) is 13.9. The van der Waals surface area contributed by atoms with Gasteiger partial charge in [0.2, 0.25) is 53.4 Å². The minimum atomic E-state index is -2.38. The molecular weight excluding hydrogens is 1470 g/mol. The van der Waals surface area contributed by atoms with Crippen LogP contribution in [0.1, 0.15) is 112 Å². The van der Waals surface area contributed by atoms with Crippen LogP contribution in [0, 0.1) is 5.92 Å². The highest BCUT2D eigenvalue weighted by Crippen LogP contribution is 2.49. The van der Waals surface area contributed by atoms with Crippen LogP contribution in [0.3, 0.4) is 0 Å². The van der Waals surface area contributed by atoms with Gasteiger partial charge in [-0.3, -0.25) is 33.6 Å². The lowest BCUT2D eigenvalue weighted by atomic mass is 9.86. The smallest absolute Gasteiger partial charge is 0.330 e. The number of carbonyl (C=O) groups excluding carboxylic acids is 7. The molecule has 8 aliphatic rings. The van der Waals surface area contributed by atoms with Gasteiger partial charge in [0, 0.05) is 34.7 Å². The summed E-state index contributed by atoms with van der Waals surface area (Å²) in [5.41, 5.74) is 8.22. The number of nitrogens with one attached hydrogen (secondary N) is 7. The number of nitrogens with two attached hydrogens (primary N) is 2. The molecule has 3 saturated heterocycles. The molecule has 3 fully saturated rings. The molecule has 0 spiro atoms. The Morgan fingerprint density at radius 3 is 1.97 bits per heavy atom. The molecular formula is C72H86ClN9O28. The van der Waals surface area contributed by atoms with Crippen molar-refractivity contribution in [1.29, 1.82) is 0 Å². The van der Waals surface area contributed by atoms with Crippen LogP contribution in [0.25, 0.3) is 11.1 Å². The lowest BCUT2D eigenvalue weighted by Gasteiger charge is -2.45. The van der Waals surface area contributed by atoms with E-state index in [1.807, 2.05) is 13.8 Å². The second kappa shape index (κ2) is 33.1. The predicted molar refractivity (Wildman–Crippen MR) is 376 cm³/mol. The highest BCUT2D eigenvalue weighted by molar-refractivity contribution is 6.32. The number of primary amides is 1. The number of benzene rings is 5. The van der Waals surface area contributed by atoms with E-state index in [-0.39, 0.29) is 46.9 Å². The van der Waals surface area contributed by atoms with Crippen molar-refractivity contribution in [1.82, 2.24) is 37.2 Å². The van der Waals surface area contributed by atoms with Crippen molar-refractivity contribution < 1.29 is 138 Å². The second-order valence-electron chi connectivity index (χ2n) is 28.4. The second-order valence-corrected chi connectivity index (χ2v) is 28.8. The number of rotatable bonds is 15. The fraction of sp³-hybridized carbons (Fsp3) is 0.472. The molecule has 8 aliphatic heterocycles. The Labute approximate surface area is 631 Å². The van der Waals surface area contributed by atoms with E-state index in [2.05, 4.69) is 37.2 Å². The van der Waals surface area contributed by atoms with Gasteiger partial charge in [-0.15, -0.1) is 0 Å². The summed E-state index contributed by atoms with van der Waals surface area (Å²) in [5.74, 6) is -16.0. The van der Waals surface area contributed by atoms with Gasteiger partial charge in [0.25, 0.3) is 0 Å². The van der Waals surface area contributed by atoms with Gasteiger partial charge in [0.05, 0.1) is 42.4 Å². The number of aliphatic hydroxyl groups is 8. The molecule has 11 bridgehead atoms. The number of carboxylic acid groups (broad SMARTS) is 1. The third-order valence-electron chi connectivity index (χ3n) is 19.8. The fourth-order valence-corrected chi connectivity index (χ4v) is 14.1. The SMILES string of the molecule is CNC(CC(C)C)C(=O)NC1C(=O)NC(CC(N)=O)C(=O)NC2C(=O)NC3C(=O)NC(C(=O)NC(C(=O)O)c4cc(O)cc(O)c4-c4cc3ccc4O)C(OC3CC(C)(N)C(O)C(C)O3)c3ccc(cc3)Oc3cc2cc(c3OC2OC(CO)C(O)C(O)C2OC2OC(C)C(O)C(O)C2O)Oc2ccc(cc2Cl)C1O. The molecule has 0 saturated carbocycles. The third-order valence-corrected chi connectivity index (χ3v) is 20.1. The summed E-state index contributed by atoms with van der Waals surface area (Å²) < 4.78 is 50.8. The maximum Gasteiger partial charge on any atom is 0.330 e. The van der Waals surface area contributed by atoms with Gasteiger partial charge in [-0.05, 0) is 117 Å². The maximum absolute atomic E-state index is 16.3. The lowest BCUT2D eigenvalue weighted by molar-refractivity contribution is -0.354. The number of ether oxygens (including phenoxy) is 8. The van der Waals surface area contributed by atoms with Crippen molar-refractivity contribution in [3.63, 3.8) is 0 Å². The number of phenolic OH excluding ortho intramolecular Hbond substituents is 3. The number of phenols is 3. The Morgan fingerprint density at radius 2 is 1.33 bits per heavy atom. The molecule has 0 aliphatic carbocycles. The number of likely N-dealkylation sites (N-methyl/N-ethyl adjacent to an activating group) is 1. The van der Waals surface area contributed by atoms with E-state index in [9.17, 15) is 80.5 Å². The molecule has 110 heavy (non-hydrogen) atoms. The zero-order valence-electron chi connectivity index (χ0n) is 59.6. The first kappa shape index (κ1) is 81.3.